The summed E-state index contributed by atoms with van der Waals surface area (Å²) in [6.45, 7) is 14.0. The highest BCUT2D eigenvalue weighted by atomic mass is 16.5. The van der Waals surface area contributed by atoms with Gasteiger partial charge in [0.1, 0.15) is 5.75 Å². The van der Waals surface area contributed by atoms with Gasteiger partial charge < -0.3 is 10.1 Å². The first-order valence-corrected chi connectivity index (χ1v) is 7.37. The number of hydrogen-bond acceptors (Lipinski definition) is 2. The van der Waals surface area contributed by atoms with Crippen molar-refractivity contribution >= 4 is 0 Å². The number of rotatable bonds is 7. The van der Waals surface area contributed by atoms with Crippen molar-refractivity contribution in [3.63, 3.8) is 0 Å². The van der Waals surface area contributed by atoms with Crippen molar-refractivity contribution in [2.75, 3.05) is 19.7 Å². The lowest BCUT2D eigenvalue weighted by molar-refractivity contribution is 0.255. The van der Waals surface area contributed by atoms with Gasteiger partial charge in [-0.3, -0.25) is 0 Å². The Balaban J connectivity index is 2.37. The van der Waals surface area contributed by atoms with Gasteiger partial charge >= 0.3 is 0 Å². The Labute approximate surface area is 118 Å². The third-order valence-corrected chi connectivity index (χ3v) is 3.17. The van der Waals surface area contributed by atoms with Crippen molar-refractivity contribution < 1.29 is 4.74 Å². The fourth-order valence-electron chi connectivity index (χ4n) is 1.87. The van der Waals surface area contributed by atoms with E-state index in [9.17, 15) is 0 Å². The Kier molecular flexibility index (Phi) is 6.36. The molecule has 1 aromatic rings. The number of nitrogens with one attached hydrogen (secondary N) is 1. The Morgan fingerprint density at radius 1 is 1.16 bits per heavy atom. The monoisotopic (exact) mass is 263 g/mol. The maximum Gasteiger partial charge on any atom is 0.119 e. The zero-order valence-electron chi connectivity index (χ0n) is 13.1. The minimum Gasteiger partial charge on any atom is -0.493 e. The first-order chi connectivity index (χ1) is 8.93. The first-order valence-electron chi connectivity index (χ1n) is 7.37. The normalized spacial score (nSPS) is 13.3. The van der Waals surface area contributed by atoms with E-state index in [2.05, 4.69) is 64.2 Å². The quantitative estimate of drug-likeness (QED) is 0.751. The van der Waals surface area contributed by atoms with Crippen LogP contribution in [-0.4, -0.2) is 19.7 Å². The average Bonchev–Trinajstić information content (AvgIpc) is 2.36. The van der Waals surface area contributed by atoms with Gasteiger partial charge in [0.15, 0.2) is 0 Å². The third-order valence-electron chi connectivity index (χ3n) is 3.17. The molecule has 0 aliphatic rings. The van der Waals surface area contributed by atoms with Gasteiger partial charge in [-0.25, -0.2) is 0 Å². The molecule has 2 heteroatoms. The highest BCUT2D eigenvalue weighted by Crippen LogP contribution is 2.24. The Morgan fingerprint density at radius 2 is 1.79 bits per heavy atom. The topological polar surface area (TPSA) is 21.3 Å². The van der Waals surface area contributed by atoms with Crippen LogP contribution in [0.5, 0.6) is 5.75 Å². The maximum absolute atomic E-state index is 5.83. The van der Waals surface area contributed by atoms with Gasteiger partial charge in [-0.2, -0.15) is 0 Å². The molecule has 1 aromatic carbocycles. The Bertz CT molecular complexity index is 351. The van der Waals surface area contributed by atoms with Crippen LogP contribution in [0.1, 0.15) is 46.6 Å². The third kappa shape index (κ3) is 6.11. The van der Waals surface area contributed by atoms with E-state index in [0.717, 1.165) is 25.4 Å². The summed E-state index contributed by atoms with van der Waals surface area (Å²) < 4.78 is 5.83. The van der Waals surface area contributed by atoms with E-state index < -0.39 is 0 Å². The summed E-state index contributed by atoms with van der Waals surface area (Å²) in [6, 6.07) is 8.48. The summed E-state index contributed by atoms with van der Waals surface area (Å²) in [6.07, 6.45) is 1.18. The first kappa shape index (κ1) is 16.0. The molecule has 19 heavy (non-hydrogen) atoms. The number of ether oxygens (including phenoxy) is 1. The highest BCUT2D eigenvalue weighted by molar-refractivity contribution is 5.31. The molecule has 0 bridgehead atoms. The van der Waals surface area contributed by atoms with E-state index in [1.165, 1.54) is 12.0 Å². The lowest BCUT2D eigenvalue weighted by Crippen LogP contribution is -2.25. The molecule has 1 unspecified atom stereocenters. The van der Waals surface area contributed by atoms with E-state index in [4.69, 9.17) is 4.74 Å². The Morgan fingerprint density at radius 3 is 2.32 bits per heavy atom. The smallest absolute Gasteiger partial charge is 0.119 e. The van der Waals surface area contributed by atoms with Gasteiger partial charge in [-0.05, 0) is 36.1 Å². The van der Waals surface area contributed by atoms with Crippen LogP contribution >= 0.6 is 0 Å². The van der Waals surface area contributed by atoms with Crippen molar-refractivity contribution in [2.45, 2.75) is 46.5 Å². The molecule has 0 amide bonds. The van der Waals surface area contributed by atoms with Crippen molar-refractivity contribution in [2.24, 2.45) is 5.92 Å². The van der Waals surface area contributed by atoms with Crippen molar-refractivity contribution in [1.29, 1.82) is 0 Å². The maximum atomic E-state index is 5.83. The van der Waals surface area contributed by atoms with E-state index >= 15 is 0 Å². The second kappa shape index (κ2) is 7.54. The predicted octanol–water partition coefficient (Wildman–Crippen LogP) is 4.00. The van der Waals surface area contributed by atoms with Crippen LogP contribution in [0.4, 0.5) is 0 Å². The summed E-state index contributed by atoms with van der Waals surface area (Å²) in [5.74, 6) is 1.50. The van der Waals surface area contributed by atoms with Crippen LogP contribution < -0.4 is 10.1 Å². The molecular weight excluding hydrogens is 234 g/mol. The number of hydrogen-bond donors (Lipinski definition) is 1. The SMILES string of the molecule is CCCNCC(C)COc1ccc(C(C)(C)C)cc1. The molecule has 108 valence electrons. The van der Waals surface area contributed by atoms with Crippen LogP contribution in [0.15, 0.2) is 24.3 Å². The molecule has 0 aliphatic carbocycles. The summed E-state index contributed by atoms with van der Waals surface area (Å²) in [5, 5.41) is 3.42. The molecule has 0 fully saturated rings. The fourth-order valence-corrected chi connectivity index (χ4v) is 1.87. The molecule has 0 heterocycles. The number of benzene rings is 1. The van der Waals surface area contributed by atoms with Crippen LogP contribution in [-0.2, 0) is 5.41 Å². The summed E-state index contributed by atoms with van der Waals surface area (Å²) in [4.78, 5) is 0. The summed E-state index contributed by atoms with van der Waals surface area (Å²) >= 11 is 0. The van der Waals surface area contributed by atoms with Gasteiger partial charge in [0.2, 0.25) is 0 Å². The largest absolute Gasteiger partial charge is 0.493 e. The van der Waals surface area contributed by atoms with Gasteiger partial charge in [0.25, 0.3) is 0 Å². The van der Waals surface area contributed by atoms with Crippen LogP contribution in [0.3, 0.4) is 0 Å². The zero-order valence-corrected chi connectivity index (χ0v) is 13.1. The van der Waals surface area contributed by atoms with E-state index in [-0.39, 0.29) is 5.41 Å². The highest BCUT2D eigenvalue weighted by Gasteiger charge is 2.13. The summed E-state index contributed by atoms with van der Waals surface area (Å²) in [7, 11) is 0. The van der Waals surface area contributed by atoms with E-state index in [1.807, 2.05) is 0 Å². The van der Waals surface area contributed by atoms with Crippen LogP contribution in [0, 0.1) is 5.92 Å². The van der Waals surface area contributed by atoms with Gasteiger partial charge in [0.05, 0.1) is 6.61 Å². The molecular formula is C17H29NO. The molecule has 0 spiro atoms. The summed E-state index contributed by atoms with van der Waals surface area (Å²) in [5.41, 5.74) is 1.55. The van der Waals surface area contributed by atoms with Crippen molar-refractivity contribution in [3.8, 4) is 5.75 Å². The molecule has 2 nitrogen and oxygen atoms in total. The van der Waals surface area contributed by atoms with Crippen molar-refractivity contribution in [1.82, 2.24) is 5.32 Å². The van der Waals surface area contributed by atoms with Gasteiger partial charge in [-0.1, -0.05) is 46.8 Å². The lowest BCUT2D eigenvalue weighted by atomic mass is 9.87. The molecule has 1 N–H and O–H groups in total. The average molecular weight is 263 g/mol. The molecule has 0 saturated carbocycles. The predicted molar refractivity (Wildman–Crippen MR) is 83.0 cm³/mol. The molecule has 0 radical (unpaired) electrons. The molecule has 0 aliphatic heterocycles. The molecule has 1 rings (SSSR count). The van der Waals surface area contributed by atoms with E-state index in [1.54, 1.807) is 0 Å². The van der Waals surface area contributed by atoms with Crippen LogP contribution in [0.2, 0.25) is 0 Å². The minimum absolute atomic E-state index is 0.204. The second-order valence-corrected chi connectivity index (χ2v) is 6.39. The molecule has 0 saturated heterocycles. The fraction of sp³-hybridized carbons (Fsp3) is 0.647. The van der Waals surface area contributed by atoms with E-state index in [0.29, 0.717) is 5.92 Å². The lowest BCUT2D eigenvalue weighted by Gasteiger charge is -2.19. The van der Waals surface area contributed by atoms with Crippen molar-refractivity contribution in [3.05, 3.63) is 29.8 Å². The van der Waals surface area contributed by atoms with Crippen LogP contribution in [0.25, 0.3) is 0 Å². The Hall–Kier alpha value is -1.02. The second-order valence-electron chi connectivity index (χ2n) is 6.39. The minimum atomic E-state index is 0.204. The van der Waals surface area contributed by atoms with Gasteiger partial charge in [0, 0.05) is 12.5 Å². The standard InChI is InChI=1S/C17H29NO/c1-6-11-18-12-14(2)13-19-16-9-7-15(8-10-16)17(3,4)5/h7-10,14,18H,6,11-13H2,1-5H3. The molecule has 0 aromatic heterocycles. The zero-order chi connectivity index (χ0) is 14.3. The molecule has 1 atom stereocenters. The van der Waals surface area contributed by atoms with Gasteiger partial charge in [-0.15, -0.1) is 0 Å².